The largest absolute Gasteiger partial charge is 0.489 e. The van der Waals surface area contributed by atoms with E-state index in [0.717, 1.165) is 16.9 Å². The zero-order valence-electron chi connectivity index (χ0n) is 14.2. The first-order valence-electron chi connectivity index (χ1n) is 7.56. The van der Waals surface area contributed by atoms with Crippen molar-refractivity contribution in [2.24, 2.45) is 11.1 Å². The van der Waals surface area contributed by atoms with Gasteiger partial charge < -0.3 is 15.2 Å². The molecule has 1 atom stereocenters. The lowest BCUT2D eigenvalue weighted by Crippen LogP contribution is -2.37. The van der Waals surface area contributed by atoms with Gasteiger partial charge in [0.2, 0.25) is 0 Å². The number of hydrogen-bond donors (Lipinski definition) is 1. The zero-order valence-corrected chi connectivity index (χ0v) is 15.0. The van der Waals surface area contributed by atoms with Crippen LogP contribution in [0.1, 0.15) is 31.0 Å². The van der Waals surface area contributed by atoms with Crippen molar-refractivity contribution in [1.82, 2.24) is 0 Å². The summed E-state index contributed by atoms with van der Waals surface area (Å²) in [5.41, 5.74) is 7.39. The first kappa shape index (κ1) is 20.0. The van der Waals surface area contributed by atoms with E-state index in [0.29, 0.717) is 6.61 Å². The third kappa shape index (κ3) is 4.73. The second-order valence-electron chi connectivity index (χ2n) is 6.04. The van der Waals surface area contributed by atoms with Gasteiger partial charge in [0.05, 0.1) is 12.5 Å². The number of halogens is 1. The van der Waals surface area contributed by atoms with E-state index >= 15 is 0 Å². The minimum Gasteiger partial charge on any atom is -0.489 e. The van der Waals surface area contributed by atoms with Gasteiger partial charge in [0.15, 0.2) is 0 Å². The third-order valence-corrected chi connectivity index (χ3v) is 3.95. The van der Waals surface area contributed by atoms with Crippen LogP contribution in [0.3, 0.4) is 0 Å². The molecule has 2 aromatic carbocycles. The smallest absolute Gasteiger partial charge is 0.313 e. The Morgan fingerprint density at radius 3 is 2.42 bits per heavy atom. The van der Waals surface area contributed by atoms with Crippen LogP contribution >= 0.6 is 12.4 Å². The van der Waals surface area contributed by atoms with Gasteiger partial charge in [-0.2, -0.15) is 0 Å². The Balaban J connectivity index is 0.00000288. The van der Waals surface area contributed by atoms with Gasteiger partial charge in [-0.25, -0.2) is 0 Å². The van der Waals surface area contributed by atoms with Crippen molar-refractivity contribution in [2.45, 2.75) is 26.5 Å². The summed E-state index contributed by atoms with van der Waals surface area (Å²) in [5, 5.41) is 0. The summed E-state index contributed by atoms with van der Waals surface area (Å²) in [5.74, 6) is 0.392. The predicted molar refractivity (Wildman–Crippen MR) is 97.2 cm³/mol. The normalized spacial score (nSPS) is 12.0. The quantitative estimate of drug-likeness (QED) is 0.804. The fraction of sp³-hybridized carbons (Fsp3) is 0.316. The van der Waals surface area contributed by atoms with Gasteiger partial charge in [-0.15, -0.1) is 12.4 Å². The number of esters is 1. The average Bonchev–Trinajstić information content (AvgIpc) is 2.59. The molecule has 24 heavy (non-hydrogen) atoms. The highest BCUT2D eigenvalue weighted by Gasteiger charge is 2.36. The summed E-state index contributed by atoms with van der Waals surface area (Å²) in [6, 6.07) is 17.0. The van der Waals surface area contributed by atoms with E-state index in [-0.39, 0.29) is 18.4 Å². The van der Waals surface area contributed by atoms with E-state index in [9.17, 15) is 4.79 Å². The standard InChI is InChI=1S/C19H23NO3.ClH/c1-19(2,18(21)22-3)17(20)15-10-7-11-16(12-15)23-13-14-8-5-4-6-9-14;/h4-12,17H,13,20H2,1-3H3;1H/t17-;/m0./s1. The van der Waals surface area contributed by atoms with Crippen molar-refractivity contribution in [2.75, 3.05) is 7.11 Å². The van der Waals surface area contributed by atoms with Crippen molar-refractivity contribution >= 4 is 18.4 Å². The molecule has 0 aliphatic rings. The lowest BCUT2D eigenvalue weighted by atomic mass is 9.81. The van der Waals surface area contributed by atoms with Crippen LogP contribution in [0.15, 0.2) is 54.6 Å². The Morgan fingerprint density at radius 1 is 1.12 bits per heavy atom. The number of carbonyl (C=O) groups excluding carboxylic acids is 1. The summed E-state index contributed by atoms with van der Waals surface area (Å²) >= 11 is 0. The van der Waals surface area contributed by atoms with Crippen molar-refractivity contribution in [1.29, 1.82) is 0 Å². The van der Waals surface area contributed by atoms with Gasteiger partial charge in [-0.05, 0) is 37.1 Å². The molecule has 4 nitrogen and oxygen atoms in total. The maximum absolute atomic E-state index is 11.9. The van der Waals surface area contributed by atoms with Crippen molar-refractivity contribution in [3.8, 4) is 5.75 Å². The lowest BCUT2D eigenvalue weighted by molar-refractivity contribution is -0.152. The minimum absolute atomic E-state index is 0. The molecule has 0 saturated carbocycles. The van der Waals surface area contributed by atoms with Gasteiger partial charge in [0.25, 0.3) is 0 Å². The zero-order chi connectivity index (χ0) is 16.9. The number of nitrogens with two attached hydrogens (primary N) is 1. The first-order chi connectivity index (χ1) is 10.9. The summed E-state index contributed by atoms with van der Waals surface area (Å²) in [6.45, 7) is 4.04. The monoisotopic (exact) mass is 349 g/mol. The molecule has 0 radical (unpaired) electrons. The molecule has 5 heteroatoms. The molecule has 130 valence electrons. The average molecular weight is 350 g/mol. The summed E-state index contributed by atoms with van der Waals surface area (Å²) in [7, 11) is 1.37. The number of hydrogen-bond acceptors (Lipinski definition) is 4. The maximum atomic E-state index is 11.9. The van der Waals surface area contributed by atoms with Crippen molar-refractivity contribution in [3.63, 3.8) is 0 Å². The predicted octanol–water partition coefficient (Wildman–Crippen LogP) is 3.89. The Morgan fingerprint density at radius 2 is 1.79 bits per heavy atom. The molecule has 2 aromatic rings. The van der Waals surface area contributed by atoms with Crippen molar-refractivity contribution in [3.05, 3.63) is 65.7 Å². The maximum Gasteiger partial charge on any atom is 0.313 e. The van der Waals surface area contributed by atoms with Crippen LogP contribution in [0.5, 0.6) is 5.75 Å². The molecular formula is C19H24ClNO3. The number of rotatable bonds is 6. The van der Waals surface area contributed by atoms with Crippen molar-refractivity contribution < 1.29 is 14.3 Å². The Hall–Kier alpha value is -2.04. The third-order valence-electron chi connectivity index (χ3n) is 3.95. The van der Waals surface area contributed by atoms with E-state index in [1.165, 1.54) is 7.11 Å². The van der Waals surface area contributed by atoms with Crippen LogP contribution in [0, 0.1) is 5.41 Å². The molecule has 0 aromatic heterocycles. The highest BCUT2D eigenvalue weighted by Crippen LogP contribution is 2.33. The number of methoxy groups -OCH3 is 1. The summed E-state index contributed by atoms with van der Waals surface area (Å²) in [6.07, 6.45) is 0. The molecule has 2 rings (SSSR count). The molecule has 0 saturated heterocycles. The number of carbonyl (C=O) groups is 1. The fourth-order valence-corrected chi connectivity index (χ4v) is 2.35. The fourth-order valence-electron chi connectivity index (χ4n) is 2.35. The molecule has 0 amide bonds. The first-order valence-corrected chi connectivity index (χ1v) is 7.56. The minimum atomic E-state index is -0.813. The van der Waals surface area contributed by atoms with E-state index in [4.69, 9.17) is 15.2 Å². The van der Waals surface area contributed by atoms with Crippen LogP contribution in [0.25, 0.3) is 0 Å². The SMILES string of the molecule is COC(=O)C(C)(C)[C@@H](N)c1cccc(OCc2ccccc2)c1.Cl. The topological polar surface area (TPSA) is 61.5 Å². The van der Waals surface area contributed by atoms with Gasteiger partial charge in [0, 0.05) is 6.04 Å². The van der Waals surface area contributed by atoms with Crippen LogP contribution in [-0.2, 0) is 16.1 Å². The van der Waals surface area contributed by atoms with Crippen LogP contribution < -0.4 is 10.5 Å². The van der Waals surface area contributed by atoms with Gasteiger partial charge in [0.1, 0.15) is 12.4 Å². The summed E-state index contributed by atoms with van der Waals surface area (Å²) < 4.78 is 10.7. The number of ether oxygens (including phenoxy) is 2. The second-order valence-corrected chi connectivity index (χ2v) is 6.04. The van der Waals surface area contributed by atoms with Crippen LogP contribution in [0.4, 0.5) is 0 Å². The molecular weight excluding hydrogens is 326 g/mol. The van der Waals surface area contributed by atoms with Gasteiger partial charge in [-0.1, -0.05) is 42.5 Å². The molecule has 0 aliphatic heterocycles. The van der Waals surface area contributed by atoms with Crippen LogP contribution in [-0.4, -0.2) is 13.1 Å². The molecule has 0 spiro atoms. The van der Waals surface area contributed by atoms with Gasteiger partial charge in [-0.3, -0.25) is 4.79 Å². The lowest BCUT2D eigenvalue weighted by Gasteiger charge is -2.29. The highest BCUT2D eigenvalue weighted by atomic mass is 35.5. The Bertz CT molecular complexity index is 659. The van der Waals surface area contributed by atoms with E-state index in [2.05, 4.69) is 0 Å². The molecule has 0 unspecified atom stereocenters. The van der Waals surface area contributed by atoms with Gasteiger partial charge >= 0.3 is 5.97 Å². The molecule has 0 fully saturated rings. The molecule has 0 bridgehead atoms. The Kier molecular flexibility index (Phi) is 7.26. The second kappa shape index (κ2) is 8.71. The van der Waals surface area contributed by atoms with Crippen LogP contribution in [0.2, 0.25) is 0 Å². The molecule has 2 N–H and O–H groups in total. The molecule has 0 aliphatic carbocycles. The highest BCUT2D eigenvalue weighted by molar-refractivity contribution is 5.85. The van der Waals surface area contributed by atoms with E-state index < -0.39 is 11.5 Å². The summed E-state index contributed by atoms with van der Waals surface area (Å²) in [4.78, 5) is 11.9. The Labute approximate surface area is 149 Å². The van der Waals surface area contributed by atoms with E-state index in [1.807, 2.05) is 54.6 Å². The number of benzene rings is 2. The molecule has 0 heterocycles. The van der Waals surface area contributed by atoms with E-state index in [1.54, 1.807) is 13.8 Å².